The van der Waals surface area contributed by atoms with Crippen molar-refractivity contribution < 1.29 is 27.5 Å². The molecule has 2 N–H and O–H groups in total. The van der Waals surface area contributed by atoms with Crippen LogP contribution in [0, 0.1) is 6.92 Å². The molecular formula is C23H20F3N3O3. The Morgan fingerprint density at radius 1 is 0.969 bits per heavy atom. The lowest BCUT2D eigenvalue weighted by Gasteiger charge is -2.12. The molecule has 166 valence electrons. The minimum Gasteiger partial charge on any atom is -0.468 e. The van der Waals surface area contributed by atoms with Crippen molar-refractivity contribution in [3.8, 4) is 5.88 Å². The summed E-state index contributed by atoms with van der Waals surface area (Å²) < 4.78 is 41.5. The van der Waals surface area contributed by atoms with Crippen molar-refractivity contribution in [2.45, 2.75) is 19.6 Å². The molecule has 0 saturated carbocycles. The fourth-order valence-electron chi connectivity index (χ4n) is 2.76. The number of amides is 2. The first-order chi connectivity index (χ1) is 15.2. The Bertz CT molecular complexity index is 1100. The fourth-order valence-corrected chi connectivity index (χ4v) is 2.76. The van der Waals surface area contributed by atoms with Crippen LogP contribution in [-0.2, 0) is 6.54 Å². The lowest BCUT2D eigenvalue weighted by molar-refractivity contribution is -0.154. The second-order valence-corrected chi connectivity index (χ2v) is 6.94. The molecule has 32 heavy (non-hydrogen) atoms. The number of ether oxygens (including phenoxy) is 1. The van der Waals surface area contributed by atoms with E-state index in [2.05, 4.69) is 20.4 Å². The molecule has 0 saturated heterocycles. The number of aryl methyl sites for hydroxylation is 1. The summed E-state index contributed by atoms with van der Waals surface area (Å²) >= 11 is 0. The van der Waals surface area contributed by atoms with Crippen molar-refractivity contribution in [2.24, 2.45) is 0 Å². The third kappa shape index (κ3) is 6.56. The van der Waals surface area contributed by atoms with E-state index in [4.69, 9.17) is 0 Å². The Hall–Kier alpha value is -3.88. The van der Waals surface area contributed by atoms with Gasteiger partial charge in [-0.3, -0.25) is 9.59 Å². The predicted octanol–water partition coefficient (Wildman–Crippen LogP) is 4.51. The SMILES string of the molecule is Cc1ccc(C(=O)NCc2ccnc(OCC(F)(F)F)c2)cc1NC(=O)c1ccccc1. The molecule has 0 radical (unpaired) electrons. The average Bonchev–Trinajstić information content (AvgIpc) is 2.78. The minimum atomic E-state index is -4.47. The highest BCUT2D eigenvalue weighted by atomic mass is 19.4. The van der Waals surface area contributed by atoms with Crippen molar-refractivity contribution >= 4 is 17.5 Å². The Morgan fingerprint density at radius 3 is 2.44 bits per heavy atom. The first-order valence-electron chi connectivity index (χ1n) is 9.61. The molecule has 0 aliphatic carbocycles. The fraction of sp³-hybridized carbons (Fsp3) is 0.174. The van der Waals surface area contributed by atoms with Crippen LogP contribution >= 0.6 is 0 Å². The van der Waals surface area contributed by atoms with E-state index >= 15 is 0 Å². The molecule has 0 unspecified atom stereocenters. The topological polar surface area (TPSA) is 80.3 Å². The van der Waals surface area contributed by atoms with Crippen LogP contribution in [0.4, 0.5) is 18.9 Å². The molecule has 3 rings (SSSR count). The highest BCUT2D eigenvalue weighted by molar-refractivity contribution is 6.05. The third-order valence-electron chi connectivity index (χ3n) is 4.42. The quantitative estimate of drug-likeness (QED) is 0.563. The molecule has 0 fully saturated rings. The van der Waals surface area contributed by atoms with Gasteiger partial charge in [-0.05, 0) is 48.4 Å². The minimum absolute atomic E-state index is 0.0588. The van der Waals surface area contributed by atoms with E-state index in [-0.39, 0.29) is 18.3 Å². The molecule has 9 heteroatoms. The van der Waals surface area contributed by atoms with Crippen molar-refractivity contribution in [1.82, 2.24) is 10.3 Å². The molecule has 0 spiro atoms. The monoisotopic (exact) mass is 443 g/mol. The molecule has 3 aromatic rings. The van der Waals surface area contributed by atoms with E-state index in [0.29, 0.717) is 22.4 Å². The Kier molecular flexibility index (Phi) is 7.09. The standard InChI is InChI=1S/C23H20F3N3O3/c1-15-7-8-18(12-19(15)29-22(31)17-5-3-2-4-6-17)21(30)28-13-16-9-10-27-20(11-16)32-14-23(24,25)26/h2-12H,13-14H2,1H3,(H,28,30)(H,29,31). The van der Waals surface area contributed by atoms with Crippen LogP contribution in [0.25, 0.3) is 0 Å². The summed E-state index contributed by atoms with van der Waals surface area (Å²) in [5.74, 6) is -0.889. The molecule has 6 nitrogen and oxygen atoms in total. The molecule has 0 aliphatic rings. The zero-order valence-corrected chi connectivity index (χ0v) is 17.1. The first-order valence-corrected chi connectivity index (χ1v) is 9.61. The van der Waals surface area contributed by atoms with Crippen LogP contribution in [0.15, 0.2) is 66.9 Å². The largest absolute Gasteiger partial charge is 0.468 e. The smallest absolute Gasteiger partial charge is 0.422 e. The van der Waals surface area contributed by atoms with Crippen molar-refractivity contribution in [3.63, 3.8) is 0 Å². The number of halogens is 3. The van der Waals surface area contributed by atoms with Crippen LogP contribution in [0.3, 0.4) is 0 Å². The number of nitrogens with one attached hydrogen (secondary N) is 2. The molecule has 2 aromatic carbocycles. The molecule has 0 aliphatic heterocycles. The number of carbonyl (C=O) groups excluding carboxylic acids is 2. The molecule has 2 amide bonds. The van der Waals surface area contributed by atoms with Gasteiger partial charge in [0.15, 0.2) is 6.61 Å². The van der Waals surface area contributed by atoms with Gasteiger partial charge in [0.25, 0.3) is 11.8 Å². The highest BCUT2D eigenvalue weighted by Crippen LogP contribution is 2.19. The zero-order chi connectivity index (χ0) is 23.1. The van der Waals surface area contributed by atoms with Crippen LogP contribution in [0.2, 0.25) is 0 Å². The lowest BCUT2D eigenvalue weighted by Crippen LogP contribution is -2.23. The summed E-state index contributed by atoms with van der Waals surface area (Å²) in [6.45, 7) is 0.418. The second-order valence-electron chi connectivity index (χ2n) is 6.94. The first kappa shape index (κ1) is 22.8. The molecule has 0 bridgehead atoms. The van der Waals surface area contributed by atoms with E-state index in [1.54, 1.807) is 54.6 Å². The number of rotatable bonds is 7. The van der Waals surface area contributed by atoms with Gasteiger partial charge in [0.05, 0.1) is 0 Å². The molecule has 0 atom stereocenters. The Balaban J connectivity index is 1.63. The van der Waals surface area contributed by atoms with Crippen LogP contribution in [-0.4, -0.2) is 29.6 Å². The number of pyridine rings is 1. The van der Waals surface area contributed by atoms with Crippen molar-refractivity contribution in [2.75, 3.05) is 11.9 Å². The van der Waals surface area contributed by atoms with E-state index in [9.17, 15) is 22.8 Å². The summed E-state index contributed by atoms with van der Waals surface area (Å²) in [4.78, 5) is 28.7. The zero-order valence-electron chi connectivity index (χ0n) is 17.1. The number of aromatic nitrogens is 1. The second kappa shape index (κ2) is 9.95. The summed E-state index contributed by atoms with van der Waals surface area (Å²) in [6.07, 6.45) is -3.17. The normalized spacial score (nSPS) is 11.0. The van der Waals surface area contributed by atoms with Gasteiger partial charge in [0.1, 0.15) is 0 Å². The summed E-state index contributed by atoms with van der Waals surface area (Å²) in [5, 5.41) is 5.48. The third-order valence-corrected chi connectivity index (χ3v) is 4.42. The van der Waals surface area contributed by atoms with Gasteiger partial charge < -0.3 is 15.4 Å². The maximum absolute atomic E-state index is 12.6. The average molecular weight is 443 g/mol. The molecular weight excluding hydrogens is 423 g/mol. The van der Waals surface area contributed by atoms with E-state index in [0.717, 1.165) is 5.56 Å². The molecule has 1 heterocycles. The van der Waals surface area contributed by atoms with Crippen molar-refractivity contribution in [3.05, 3.63) is 89.1 Å². The van der Waals surface area contributed by atoms with Crippen LogP contribution < -0.4 is 15.4 Å². The van der Waals surface area contributed by atoms with E-state index in [1.807, 2.05) is 6.92 Å². The lowest BCUT2D eigenvalue weighted by atomic mass is 10.1. The number of anilines is 1. The number of alkyl halides is 3. The van der Waals surface area contributed by atoms with Crippen LogP contribution in [0.5, 0.6) is 5.88 Å². The van der Waals surface area contributed by atoms with Gasteiger partial charge in [0.2, 0.25) is 5.88 Å². The number of hydrogen-bond donors (Lipinski definition) is 2. The van der Waals surface area contributed by atoms with E-state index in [1.165, 1.54) is 12.3 Å². The Morgan fingerprint density at radius 2 is 1.72 bits per heavy atom. The summed E-state index contributed by atoms with van der Waals surface area (Å²) in [7, 11) is 0. The van der Waals surface area contributed by atoms with Gasteiger partial charge in [-0.25, -0.2) is 4.98 Å². The number of nitrogens with zero attached hydrogens (tertiary/aromatic N) is 1. The van der Waals surface area contributed by atoms with E-state index < -0.39 is 18.7 Å². The maximum atomic E-state index is 12.6. The maximum Gasteiger partial charge on any atom is 0.422 e. The van der Waals surface area contributed by atoms with Gasteiger partial charge in [-0.1, -0.05) is 24.3 Å². The number of carbonyl (C=O) groups is 2. The molecule has 1 aromatic heterocycles. The predicted molar refractivity (Wildman–Crippen MR) is 113 cm³/mol. The highest BCUT2D eigenvalue weighted by Gasteiger charge is 2.28. The van der Waals surface area contributed by atoms with Gasteiger partial charge in [-0.2, -0.15) is 13.2 Å². The number of benzene rings is 2. The summed E-state index contributed by atoms with van der Waals surface area (Å²) in [5.41, 5.74) is 2.62. The van der Waals surface area contributed by atoms with Gasteiger partial charge >= 0.3 is 6.18 Å². The number of hydrogen-bond acceptors (Lipinski definition) is 4. The summed E-state index contributed by atoms with van der Waals surface area (Å²) in [6, 6.07) is 16.5. The van der Waals surface area contributed by atoms with Gasteiger partial charge in [-0.15, -0.1) is 0 Å². The van der Waals surface area contributed by atoms with Gasteiger partial charge in [0, 0.05) is 35.6 Å². The van der Waals surface area contributed by atoms with Crippen LogP contribution in [0.1, 0.15) is 31.8 Å². The Labute approximate surface area is 182 Å². The van der Waals surface area contributed by atoms with Crippen molar-refractivity contribution in [1.29, 1.82) is 0 Å².